The van der Waals surface area contributed by atoms with Crippen LogP contribution in [0.1, 0.15) is 65.4 Å². The number of furan rings is 1. The number of hydrogen-bond acceptors (Lipinski definition) is 7. The Kier molecular flexibility index (Phi) is 8.98. The molecule has 37 heavy (non-hydrogen) atoms. The van der Waals surface area contributed by atoms with Crippen LogP contribution in [0.25, 0.3) is 11.0 Å². The van der Waals surface area contributed by atoms with Crippen LogP contribution in [-0.4, -0.2) is 38.0 Å². The van der Waals surface area contributed by atoms with Crippen molar-refractivity contribution in [1.82, 2.24) is 0 Å². The summed E-state index contributed by atoms with van der Waals surface area (Å²) in [7, 11) is 1.12. The van der Waals surface area contributed by atoms with Gasteiger partial charge in [0.2, 0.25) is 0 Å². The molecule has 1 fully saturated rings. The molecule has 2 heterocycles. The third kappa shape index (κ3) is 6.13. The van der Waals surface area contributed by atoms with Gasteiger partial charge in [-0.1, -0.05) is 32.0 Å². The van der Waals surface area contributed by atoms with Crippen molar-refractivity contribution in [2.45, 2.75) is 79.6 Å². The molecule has 4 rings (SSSR count). The number of hydrogen-bond donors (Lipinski definition) is 0. The van der Waals surface area contributed by atoms with Crippen molar-refractivity contribution in [1.29, 1.82) is 0 Å². The maximum atomic E-state index is 12.1. The second-order valence-electron chi connectivity index (χ2n) is 9.72. The lowest BCUT2D eigenvalue weighted by molar-refractivity contribution is -0.142. The zero-order chi connectivity index (χ0) is 27.4. The van der Waals surface area contributed by atoms with E-state index in [-0.39, 0.29) is 19.0 Å². The lowest BCUT2D eigenvalue weighted by atomic mass is 9.78. The van der Waals surface area contributed by atoms with E-state index in [1.165, 1.54) is 0 Å². The minimum Gasteiger partial charge on any atom is -0.497 e. The molecule has 0 amide bonds. The molecule has 0 atom stereocenters. The number of ether oxygens (including phenoxy) is 3. The summed E-state index contributed by atoms with van der Waals surface area (Å²) in [6.07, 6.45) is 0.115. The third-order valence-electron chi connectivity index (χ3n) is 6.83. The molecule has 0 N–H and O–H groups in total. The van der Waals surface area contributed by atoms with E-state index >= 15 is 0 Å². The van der Waals surface area contributed by atoms with E-state index in [0.29, 0.717) is 18.1 Å². The summed E-state index contributed by atoms with van der Waals surface area (Å²) >= 11 is 0. The van der Waals surface area contributed by atoms with Gasteiger partial charge in [0.05, 0.1) is 31.3 Å². The molecular weight excluding hydrogens is 471 g/mol. The van der Waals surface area contributed by atoms with Crippen molar-refractivity contribution in [3.8, 4) is 11.5 Å². The monoisotopic (exact) mass is 510 g/mol. The number of aryl methyl sites for hydroxylation is 1. The van der Waals surface area contributed by atoms with Crippen molar-refractivity contribution < 1.29 is 32.7 Å². The van der Waals surface area contributed by atoms with Crippen LogP contribution in [0.5, 0.6) is 11.5 Å². The number of carbonyl (C=O) groups excluding carboxylic acids is 1. The van der Waals surface area contributed by atoms with Gasteiger partial charge in [-0.2, -0.15) is 0 Å². The summed E-state index contributed by atoms with van der Waals surface area (Å²) in [5, 5.41) is 0.935. The highest BCUT2D eigenvalue weighted by Gasteiger charge is 2.51. The van der Waals surface area contributed by atoms with Gasteiger partial charge in [-0.15, -0.1) is 0 Å². The highest BCUT2D eigenvalue weighted by atomic mass is 16.7. The van der Waals surface area contributed by atoms with E-state index in [2.05, 4.69) is 0 Å². The Morgan fingerprint density at radius 3 is 2.30 bits per heavy atom. The maximum Gasteiger partial charge on any atom is 0.494 e. The van der Waals surface area contributed by atoms with Crippen molar-refractivity contribution >= 4 is 29.5 Å². The number of methoxy groups -OCH3 is 1. The van der Waals surface area contributed by atoms with Crippen LogP contribution in [0.3, 0.4) is 0 Å². The third-order valence-corrected chi connectivity index (χ3v) is 6.83. The quantitative estimate of drug-likeness (QED) is 0.282. The van der Waals surface area contributed by atoms with Crippen molar-refractivity contribution in [3.05, 3.63) is 53.3 Å². The molecule has 7 nitrogen and oxygen atoms in total. The molecule has 0 aliphatic carbocycles. The summed E-state index contributed by atoms with van der Waals surface area (Å²) < 4.78 is 35.1. The van der Waals surface area contributed by atoms with Crippen LogP contribution in [0.2, 0.25) is 0 Å². The lowest BCUT2D eigenvalue weighted by Crippen LogP contribution is -2.41. The Morgan fingerprint density at radius 1 is 1.00 bits per heavy atom. The molecule has 0 bridgehead atoms. The van der Waals surface area contributed by atoms with E-state index in [1.54, 1.807) is 26.2 Å². The first-order chi connectivity index (χ1) is 17.5. The SMILES string of the molecule is CC.CCOC(=O)Cc1ccc(OC)cc1OCc1c(C)oc2ccc(B3OC(C)(C)C(C)(C)O3)cc12. The molecular formula is C29H39BO7. The Balaban J connectivity index is 0.00000186. The molecule has 1 aliphatic rings. The number of rotatable bonds is 8. The zero-order valence-corrected chi connectivity index (χ0v) is 23.5. The van der Waals surface area contributed by atoms with Crippen LogP contribution in [0, 0.1) is 6.92 Å². The molecule has 1 aliphatic heterocycles. The van der Waals surface area contributed by atoms with E-state index in [1.807, 2.05) is 72.7 Å². The first-order valence-corrected chi connectivity index (χ1v) is 12.9. The van der Waals surface area contributed by atoms with Crippen LogP contribution < -0.4 is 14.9 Å². The van der Waals surface area contributed by atoms with E-state index in [0.717, 1.165) is 33.3 Å². The fourth-order valence-electron chi connectivity index (χ4n) is 4.05. The van der Waals surface area contributed by atoms with Crippen molar-refractivity contribution in [2.75, 3.05) is 13.7 Å². The second kappa shape index (κ2) is 11.6. The average molecular weight is 510 g/mol. The Bertz CT molecular complexity index is 1210. The van der Waals surface area contributed by atoms with Crippen LogP contribution >= 0.6 is 0 Å². The molecule has 0 radical (unpaired) electrons. The normalized spacial score (nSPS) is 15.8. The van der Waals surface area contributed by atoms with E-state index < -0.39 is 18.3 Å². The summed E-state index contributed by atoms with van der Waals surface area (Å²) in [5.41, 5.74) is 2.48. The van der Waals surface area contributed by atoms with Gasteiger partial charge in [-0.3, -0.25) is 4.79 Å². The second-order valence-corrected chi connectivity index (χ2v) is 9.72. The van der Waals surface area contributed by atoms with Gasteiger partial charge in [-0.25, -0.2) is 0 Å². The van der Waals surface area contributed by atoms with Crippen LogP contribution in [0.4, 0.5) is 0 Å². The number of esters is 1. The number of fused-ring (bicyclic) bond motifs is 1. The predicted octanol–water partition coefficient (Wildman–Crippen LogP) is 5.76. The minimum atomic E-state index is -0.470. The highest BCUT2D eigenvalue weighted by molar-refractivity contribution is 6.62. The number of carbonyl (C=O) groups is 1. The van der Waals surface area contributed by atoms with Crippen molar-refractivity contribution in [2.24, 2.45) is 0 Å². The molecule has 1 aromatic heterocycles. The smallest absolute Gasteiger partial charge is 0.494 e. The first-order valence-electron chi connectivity index (χ1n) is 12.9. The van der Waals surface area contributed by atoms with Crippen LogP contribution in [-0.2, 0) is 31.9 Å². The van der Waals surface area contributed by atoms with Gasteiger partial charge in [0.15, 0.2) is 0 Å². The molecule has 3 aromatic rings. The summed E-state index contributed by atoms with van der Waals surface area (Å²) in [4.78, 5) is 12.1. The standard InChI is InChI=1S/C27H33BO7.C2H6/c1-8-31-25(29)13-18-9-11-20(30-7)15-24(18)32-16-22-17(2)33-23-12-10-19(14-21(22)23)28-34-26(3,4)27(5,6)35-28;1-2/h9-12,14-15H,8,13,16H2,1-7H3;1-2H3. The number of benzene rings is 2. The van der Waals surface area contributed by atoms with E-state index in [4.69, 9.17) is 27.9 Å². The maximum absolute atomic E-state index is 12.1. The fraction of sp³-hybridized carbons (Fsp3) is 0.483. The Hall–Kier alpha value is -2.97. The zero-order valence-electron chi connectivity index (χ0n) is 23.5. The fourth-order valence-corrected chi connectivity index (χ4v) is 4.05. The lowest BCUT2D eigenvalue weighted by Gasteiger charge is -2.32. The van der Waals surface area contributed by atoms with Gasteiger partial charge in [0, 0.05) is 22.6 Å². The molecule has 0 saturated carbocycles. The van der Waals surface area contributed by atoms with Gasteiger partial charge in [-0.05, 0) is 59.1 Å². The topological polar surface area (TPSA) is 76.4 Å². The molecule has 1 saturated heterocycles. The van der Waals surface area contributed by atoms with Gasteiger partial charge in [0.1, 0.15) is 29.4 Å². The predicted molar refractivity (Wildman–Crippen MR) is 146 cm³/mol. The summed E-state index contributed by atoms with van der Waals surface area (Å²) in [5.74, 6) is 1.66. The highest BCUT2D eigenvalue weighted by Crippen LogP contribution is 2.37. The van der Waals surface area contributed by atoms with Gasteiger partial charge >= 0.3 is 13.1 Å². The van der Waals surface area contributed by atoms with Crippen molar-refractivity contribution in [3.63, 3.8) is 0 Å². The Labute approximate surface area is 220 Å². The van der Waals surface area contributed by atoms with Crippen LogP contribution in [0.15, 0.2) is 40.8 Å². The first kappa shape index (κ1) is 28.6. The Morgan fingerprint density at radius 2 is 1.68 bits per heavy atom. The van der Waals surface area contributed by atoms with Gasteiger partial charge in [0.25, 0.3) is 0 Å². The molecule has 0 unspecified atom stereocenters. The van der Waals surface area contributed by atoms with E-state index in [9.17, 15) is 4.79 Å². The largest absolute Gasteiger partial charge is 0.497 e. The molecule has 8 heteroatoms. The average Bonchev–Trinajstić information content (AvgIpc) is 3.29. The summed E-state index contributed by atoms with van der Waals surface area (Å²) in [6, 6.07) is 11.3. The molecule has 200 valence electrons. The molecule has 0 spiro atoms. The minimum absolute atomic E-state index is 0.115. The molecule has 2 aromatic carbocycles. The summed E-state index contributed by atoms with van der Waals surface area (Å²) in [6.45, 7) is 16.4. The van der Waals surface area contributed by atoms with Gasteiger partial charge < -0.3 is 27.9 Å².